The van der Waals surface area contributed by atoms with Gasteiger partial charge in [-0.25, -0.2) is 0 Å². The lowest BCUT2D eigenvalue weighted by Crippen LogP contribution is -2.26. The van der Waals surface area contributed by atoms with E-state index in [0.29, 0.717) is 6.54 Å². The molecule has 1 aromatic carbocycles. The number of fused-ring (bicyclic) bond motifs is 1. The molecule has 1 heterocycles. The lowest BCUT2D eigenvalue weighted by Gasteiger charge is -2.25. The van der Waals surface area contributed by atoms with E-state index >= 15 is 0 Å². The van der Waals surface area contributed by atoms with Crippen LogP contribution in [0.1, 0.15) is 11.1 Å². The van der Waals surface area contributed by atoms with Crippen molar-refractivity contribution in [3.8, 4) is 17.7 Å². The largest absolute Gasteiger partial charge is 0.493 e. The van der Waals surface area contributed by atoms with Crippen LogP contribution in [-0.4, -0.2) is 25.7 Å². The summed E-state index contributed by atoms with van der Waals surface area (Å²) in [7, 11) is 3.25. The molecule has 84 valence electrons. The Bertz CT molecular complexity index is 437. The predicted molar refractivity (Wildman–Crippen MR) is 59.3 cm³/mol. The van der Waals surface area contributed by atoms with Gasteiger partial charge in [-0.1, -0.05) is 0 Å². The molecule has 0 spiro atoms. The summed E-state index contributed by atoms with van der Waals surface area (Å²) >= 11 is 0. The Morgan fingerprint density at radius 2 is 1.81 bits per heavy atom. The van der Waals surface area contributed by atoms with Gasteiger partial charge in [0, 0.05) is 6.54 Å². The monoisotopic (exact) mass is 218 g/mol. The van der Waals surface area contributed by atoms with E-state index < -0.39 is 0 Å². The molecular weight excluding hydrogens is 204 g/mol. The second-order valence-electron chi connectivity index (χ2n) is 3.75. The molecule has 0 amide bonds. The molecule has 1 aromatic rings. The van der Waals surface area contributed by atoms with Crippen LogP contribution in [0.4, 0.5) is 0 Å². The third-order valence-corrected chi connectivity index (χ3v) is 2.86. The third-order valence-electron chi connectivity index (χ3n) is 2.86. The Balaban J connectivity index is 2.39. The summed E-state index contributed by atoms with van der Waals surface area (Å²) in [6, 6.07) is 3.96. The molecule has 0 aliphatic carbocycles. The first kappa shape index (κ1) is 10.6. The van der Waals surface area contributed by atoms with Gasteiger partial charge in [-0.05, 0) is 29.7 Å². The van der Waals surface area contributed by atoms with Gasteiger partial charge in [0.15, 0.2) is 17.7 Å². The smallest absolute Gasteiger partial charge is 0.179 e. The van der Waals surface area contributed by atoms with Crippen molar-refractivity contribution in [2.24, 2.45) is 0 Å². The third kappa shape index (κ3) is 1.76. The summed E-state index contributed by atoms with van der Waals surface area (Å²) in [5.41, 5.74) is 2.38. The van der Waals surface area contributed by atoms with Crippen molar-refractivity contribution in [1.82, 2.24) is 4.90 Å². The van der Waals surface area contributed by atoms with E-state index in [4.69, 9.17) is 14.7 Å². The van der Waals surface area contributed by atoms with Crippen molar-refractivity contribution >= 4 is 0 Å². The molecule has 0 bridgehead atoms. The van der Waals surface area contributed by atoms with E-state index in [1.165, 1.54) is 5.56 Å². The number of ether oxygens (including phenoxy) is 2. The van der Waals surface area contributed by atoms with Crippen molar-refractivity contribution < 1.29 is 9.47 Å². The zero-order chi connectivity index (χ0) is 11.5. The lowest BCUT2D eigenvalue weighted by molar-refractivity contribution is 0.343. The molecule has 16 heavy (non-hydrogen) atoms. The standard InChI is InChI=1S/C12H14N2O2/c1-15-11-5-9-3-4-14(8-13)7-10(9)6-12(11)16-2/h5-6H,3-4,7H2,1-2H3. The maximum absolute atomic E-state index is 8.86. The first-order chi connectivity index (χ1) is 7.78. The molecule has 4 heteroatoms. The highest BCUT2D eigenvalue weighted by Gasteiger charge is 2.18. The van der Waals surface area contributed by atoms with Gasteiger partial charge < -0.3 is 14.4 Å². The first-order valence-electron chi connectivity index (χ1n) is 5.17. The molecule has 2 rings (SSSR count). The van der Waals surface area contributed by atoms with Gasteiger partial charge in [-0.2, -0.15) is 5.26 Å². The molecule has 1 aliphatic heterocycles. The summed E-state index contributed by atoms with van der Waals surface area (Å²) in [6.45, 7) is 1.44. The Morgan fingerprint density at radius 3 is 2.38 bits per heavy atom. The Hall–Kier alpha value is -1.89. The number of hydrogen-bond acceptors (Lipinski definition) is 4. The molecule has 4 nitrogen and oxygen atoms in total. The molecule has 0 atom stereocenters. The van der Waals surface area contributed by atoms with Gasteiger partial charge in [0.05, 0.1) is 20.8 Å². The van der Waals surface area contributed by atoms with E-state index in [2.05, 4.69) is 6.19 Å². The van der Waals surface area contributed by atoms with Gasteiger partial charge in [-0.3, -0.25) is 0 Å². The highest BCUT2D eigenvalue weighted by Crippen LogP contribution is 2.32. The van der Waals surface area contributed by atoms with E-state index in [-0.39, 0.29) is 0 Å². The van der Waals surface area contributed by atoms with Crippen LogP contribution in [0.25, 0.3) is 0 Å². The van der Waals surface area contributed by atoms with Crippen molar-refractivity contribution in [3.05, 3.63) is 23.3 Å². The van der Waals surface area contributed by atoms with Crippen LogP contribution in [-0.2, 0) is 13.0 Å². The maximum atomic E-state index is 8.86. The predicted octanol–water partition coefficient (Wildman–Crippen LogP) is 1.54. The zero-order valence-electron chi connectivity index (χ0n) is 9.49. The van der Waals surface area contributed by atoms with E-state index in [9.17, 15) is 0 Å². The van der Waals surface area contributed by atoms with Crippen molar-refractivity contribution in [2.75, 3.05) is 20.8 Å². The van der Waals surface area contributed by atoms with Gasteiger partial charge in [0.2, 0.25) is 0 Å². The number of nitrogens with zero attached hydrogens (tertiary/aromatic N) is 2. The molecule has 0 aromatic heterocycles. The lowest BCUT2D eigenvalue weighted by atomic mass is 9.99. The average molecular weight is 218 g/mol. The van der Waals surface area contributed by atoms with Gasteiger partial charge in [0.1, 0.15) is 0 Å². The Morgan fingerprint density at radius 1 is 1.19 bits per heavy atom. The number of rotatable bonds is 2. The Labute approximate surface area is 95.0 Å². The van der Waals surface area contributed by atoms with Crippen LogP contribution in [0.2, 0.25) is 0 Å². The van der Waals surface area contributed by atoms with Crippen LogP contribution in [0.5, 0.6) is 11.5 Å². The second kappa shape index (κ2) is 4.31. The highest BCUT2D eigenvalue weighted by molar-refractivity contribution is 5.48. The van der Waals surface area contributed by atoms with Crippen LogP contribution >= 0.6 is 0 Å². The van der Waals surface area contributed by atoms with Crippen LogP contribution in [0, 0.1) is 11.5 Å². The van der Waals surface area contributed by atoms with Crippen molar-refractivity contribution in [2.45, 2.75) is 13.0 Å². The fraction of sp³-hybridized carbons (Fsp3) is 0.417. The minimum Gasteiger partial charge on any atom is -0.493 e. The molecule has 1 aliphatic rings. The fourth-order valence-corrected chi connectivity index (χ4v) is 1.97. The number of benzene rings is 1. The van der Waals surface area contributed by atoms with Crippen LogP contribution in [0.15, 0.2) is 12.1 Å². The number of hydrogen-bond donors (Lipinski definition) is 0. The van der Waals surface area contributed by atoms with Gasteiger partial charge >= 0.3 is 0 Å². The van der Waals surface area contributed by atoms with Crippen LogP contribution < -0.4 is 9.47 Å². The summed E-state index contributed by atoms with van der Waals surface area (Å²) in [5, 5.41) is 8.86. The zero-order valence-corrected chi connectivity index (χ0v) is 9.49. The second-order valence-corrected chi connectivity index (χ2v) is 3.75. The van der Waals surface area contributed by atoms with Gasteiger partial charge in [0.25, 0.3) is 0 Å². The topological polar surface area (TPSA) is 45.5 Å². The molecular formula is C12H14N2O2. The summed E-state index contributed by atoms with van der Waals surface area (Å²) < 4.78 is 10.5. The Kier molecular flexibility index (Phi) is 2.86. The minimum absolute atomic E-state index is 0.659. The molecule has 0 fully saturated rings. The SMILES string of the molecule is COc1cc2c(cc1OC)CN(C#N)CC2. The van der Waals surface area contributed by atoms with Crippen LogP contribution in [0.3, 0.4) is 0 Å². The first-order valence-corrected chi connectivity index (χ1v) is 5.17. The number of nitriles is 1. The number of methoxy groups -OCH3 is 2. The molecule has 0 radical (unpaired) electrons. The van der Waals surface area contributed by atoms with Gasteiger partial charge in [-0.15, -0.1) is 0 Å². The highest BCUT2D eigenvalue weighted by atomic mass is 16.5. The fourth-order valence-electron chi connectivity index (χ4n) is 1.97. The quantitative estimate of drug-likeness (QED) is 0.706. The van der Waals surface area contributed by atoms with E-state index in [1.54, 1.807) is 19.1 Å². The maximum Gasteiger partial charge on any atom is 0.179 e. The summed E-state index contributed by atoms with van der Waals surface area (Å²) in [5.74, 6) is 1.48. The summed E-state index contributed by atoms with van der Waals surface area (Å²) in [6.07, 6.45) is 3.05. The molecule has 0 N–H and O–H groups in total. The van der Waals surface area contributed by atoms with Crippen molar-refractivity contribution in [3.63, 3.8) is 0 Å². The van der Waals surface area contributed by atoms with E-state index in [0.717, 1.165) is 30.0 Å². The molecule has 0 saturated heterocycles. The summed E-state index contributed by atoms with van der Waals surface area (Å²) in [4.78, 5) is 1.74. The van der Waals surface area contributed by atoms with E-state index in [1.807, 2.05) is 12.1 Å². The normalized spacial score (nSPS) is 13.9. The molecule has 0 unspecified atom stereocenters. The molecule has 0 saturated carbocycles. The van der Waals surface area contributed by atoms with Crippen molar-refractivity contribution in [1.29, 1.82) is 5.26 Å². The minimum atomic E-state index is 0.659. The average Bonchev–Trinajstić information content (AvgIpc) is 2.36.